The minimum Gasteiger partial charge on any atom is -0.475 e. The van der Waals surface area contributed by atoms with E-state index >= 15 is 0 Å². The normalized spacial score (nSPS) is 16.9. The molecule has 2 saturated heterocycles. The molecule has 0 saturated carbocycles. The van der Waals surface area contributed by atoms with Gasteiger partial charge in [-0.05, 0) is 61.4 Å². The van der Waals surface area contributed by atoms with E-state index in [0.29, 0.717) is 48.7 Å². The van der Waals surface area contributed by atoms with E-state index in [1.54, 1.807) is 12.1 Å². The molecular weight excluding hydrogens is 558 g/mol. The van der Waals surface area contributed by atoms with Crippen molar-refractivity contribution < 1.29 is 37.1 Å². The van der Waals surface area contributed by atoms with E-state index in [1.807, 2.05) is 24.3 Å². The highest BCUT2D eigenvalue weighted by Crippen LogP contribution is 2.36. The Hall–Kier alpha value is -3.84. The number of carbonyl (C=O) groups is 3. The molecule has 2 aliphatic heterocycles. The van der Waals surface area contributed by atoms with Gasteiger partial charge in [-0.3, -0.25) is 9.59 Å². The van der Waals surface area contributed by atoms with Crippen LogP contribution in [0.25, 0.3) is 10.9 Å². The lowest BCUT2D eigenvalue weighted by Crippen LogP contribution is -2.57. The second-order valence-corrected chi connectivity index (χ2v) is 9.85. The lowest BCUT2D eigenvalue weighted by Gasteiger charge is -2.43. The molecule has 3 heterocycles. The summed E-state index contributed by atoms with van der Waals surface area (Å²) >= 11 is 6.03. The van der Waals surface area contributed by atoms with Crippen LogP contribution in [0.1, 0.15) is 23.3 Å². The van der Waals surface area contributed by atoms with Gasteiger partial charge in [0, 0.05) is 47.8 Å². The first kappa shape index (κ1) is 29.2. The van der Waals surface area contributed by atoms with E-state index in [4.69, 9.17) is 21.5 Å². The summed E-state index contributed by atoms with van der Waals surface area (Å²) in [5.41, 5.74) is 1.57. The van der Waals surface area contributed by atoms with Crippen LogP contribution in [0.4, 0.5) is 23.2 Å². The number of benzene rings is 2. The van der Waals surface area contributed by atoms with Crippen LogP contribution in [-0.4, -0.2) is 77.3 Å². The summed E-state index contributed by atoms with van der Waals surface area (Å²) in [6, 6.07) is 13.6. The number of piperidine rings is 1. The Bertz CT molecular complexity index is 1390. The molecule has 3 aromatic rings. The number of halogens is 5. The van der Waals surface area contributed by atoms with E-state index in [2.05, 4.69) is 25.4 Å². The Balaban J connectivity index is 0.000000470. The molecule has 0 aliphatic carbocycles. The molecule has 2 aromatic carbocycles. The number of nitrogens with one attached hydrogen (secondary N) is 3. The number of amides is 2. The van der Waals surface area contributed by atoms with Gasteiger partial charge in [0.25, 0.3) is 5.91 Å². The largest absolute Gasteiger partial charge is 0.490 e. The number of hydrogen-bond acceptors (Lipinski definition) is 5. The molecule has 4 N–H and O–H groups in total. The summed E-state index contributed by atoms with van der Waals surface area (Å²) in [7, 11) is 0. The van der Waals surface area contributed by atoms with Crippen molar-refractivity contribution in [1.82, 2.24) is 20.5 Å². The maximum atomic E-state index is 13.4. The van der Waals surface area contributed by atoms with Gasteiger partial charge in [-0.2, -0.15) is 13.2 Å². The van der Waals surface area contributed by atoms with E-state index in [0.717, 1.165) is 24.3 Å². The highest BCUT2D eigenvalue weighted by atomic mass is 35.5. The first-order valence-corrected chi connectivity index (χ1v) is 12.7. The molecule has 1 spiro atoms. The molecule has 2 aliphatic rings. The highest BCUT2D eigenvalue weighted by molar-refractivity contribution is 6.30. The van der Waals surface area contributed by atoms with Gasteiger partial charge < -0.3 is 30.5 Å². The molecule has 1 aromatic heterocycles. The Morgan fingerprint density at radius 2 is 1.73 bits per heavy atom. The third kappa shape index (κ3) is 6.48. The van der Waals surface area contributed by atoms with Crippen LogP contribution in [0, 0.1) is 5.82 Å². The SMILES string of the molecule is O=C(NCCN1CCC2(CC1)C(=O)NCN2c1ccc(Cl)cc1)c1cc2cc(F)ccc2[nH]1.O=C(O)C(F)(F)F. The Morgan fingerprint density at radius 1 is 1.07 bits per heavy atom. The average Bonchev–Trinajstić information content (AvgIpc) is 3.46. The fourth-order valence-corrected chi connectivity index (χ4v) is 4.97. The minimum atomic E-state index is -5.08. The van der Waals surface area contributed by atoms with Crippen molar-refractivity contribution in [2.45, 2.75) is 24.6 Å². The summed E-state index contributed by atoms with van der Waals surface area (Å²) in [5.74, 6) is -3.24. The second-order valence-electron chi connectivity index (χ2n) is 9.42. The zero-order valence-corrected chi connectivity index (χ0v) is 21.8. The number of anilines is 1. The number of aromatic nitrogens is 1. The number of rotatable bonds is 5. The van der Waals surface area contributed by atoms with Crippen molar-refractivity contribution in [3.63, 3.8) is 0 Å². The quantitative estimate of drug-likeness (QED) is 0.340. The molecule has 2 amide bonds. The lowest BCUT2D eigenvalue weighted by atomic mass is 9.85. The van der Waals surface area contributed by atoms with Crippen molar-refractivity contribution >= 4 is 46.0 Å². The molecule has 0 radical (unpaired) electrons. The average molecular weight is 584 g/mol. The monoisotopic (exact) mass is 583 g/mol. The van der Waals surface area contributed by atoms with Gasteiger partial charge in [-0.1, -0.05) is 11.6 Å². The third-order valence-corrected chi connectivity index (χ3v) is 7.19. The number of aliphatic carboxylic acids is 1. The van der Waals surface area contributed by atoms with Crippen molar-refractivity contribution in [2.24, 2.45) is 0 Å². The van der Waals surface area contributed by atoms with Crippen molar-refractivity contribution in [1.29, 1.82) is 0 Å². The molecular formula is C26H26ClF4N5O4. The van der Waals surface area contributed by atoms with Crippen LogP contribution in [0.3, 0.4) is 0 Å². The molecule has 9 nitrogen and oxygen atoms in total. The number of fused-ring (bicyclic) bond motifs is 1. The molecule has 14 heteroatoms. The second kappa shape index (κ2) is 11.7. The van der Waals surface area contributed by atoms with Gasteiger partial charge in [0.15, 0.2) is 0 Å². The maximum absolute atomic E-state index is 13.4. The van der Waals surface area contributed by atoms with Gasteiger partial charge in [0.1, 0.15) is 17.1 Å². The molecule has 0 bridgehead atoms. The van der Waals surface area contributed by atoms with Crippen LogP contribution >= 0.6 is 11.6 Å². The van der Waals surface area contributed by atoms with Crippen molar-refractivity contribution in [2.75, 3.05) is 37.7 Å². The number of carboxylic acid groups (broad SMARTS) is 1. The van der Waals surface area contributed by atoms with Crippen molar-refractivity contribution in [3.05, 3.63) is 65.1 Å². The standard InChI is InChI=1S/C24H25ClFN5O2.C2HF3O2/c25-17-1-4-19(5-2-17)31-15-28-23(33)24(31)7-10-30(11-8-24)12-9-27-22(32)21-14-16-13-18(26)3-6-20(16)29-21;3-2(4,5)1(6)7/h1-6,13-14,29H,7-12,15H2,(H,27,32)(H,28,33);(H,6,7). The number of hydrogen-bond donors (Lipinski definition) is 4. The van der Waals surface area contributed by atoms with E-state index in [9.17, 15) is 27.2 Å². The van der Waals surface area contributed by atoms with Gasteiger partial charge in [-0.15, -0.1) is 0 Å². The molecule has 2 fully saturated rings. The predicted octanol–water partition coefficient (Wildman–Crippen LogP) is 3.75. The number of alkyl halides is 3. The van der Waals surface area contributed by atoms with Crippen LogP contribution in [0.15, 0.2) is 48.5 Å². The van der Waals surface area contributed by atoms with Crippen LogP contribution in [-0.2, 0) is 9.59 Å². The van der Waals surface area contributed by atoms with Gasteiger partial charge in [-0.25, -0.2) is 9.18 Å². The van der Waals surface area contributed by atoms with E-state index in [-0.39, 0.29) is 17.6 Å². The fourth-order valence-electron chi connectivity index (χ4n) is 4.84. The molecule has 40 heavy (non-hydrogen) atoms. The number of likely N-dealkylation sites (tertiary alicyclic amines) is 1. The lowest BCUT2D eigenvalue weighted by molar-refractivity contribution is -0.192. The Kier molecular flexibility index (Phi) is 8.54. The predicted molar refractivity (Wildman–Crippen MR) is 140 cm³/mol. The number of H-pyrrole nitrogens is 1. The zero-order valence-electron chi connectivity index (χ0n) is 21.0. The smallest absolute Gasteiger partial charge is 0.475 e. The fraction of sp³-hybridized carbons (Fsp3) is 0.346. The summed E-state index contributed by atoms with van der Waals surface area (Å²) in [6.07, 6.45) is -3.66. The van der Waals surface area contributed by atoms with Crippen LogP contribution in [0.2, 0.25) is 5.02 Å². The number of carbonyl (C=O) groups excluding carboxylic acids is 2. The highest BCUT2D eigenvalue weighted by Gasteiger charge is 2.50. The first-order chi connectivity index (χ1) is 18.9. The zero-order chi connectivity index (χ0) is 29.1. The number of nitrogens with zero attached hydrogens (tertiary/aromatic N) is 2. The third-order valence-electron chi connectivity index (χ3n) is 6.94. The Morgan fingerprint density at radius 3 is 2.35 bits per heavy atom. The summed E-state index contributed by atoms with van der Waals surface area (Å²) in [4.78, 5) is 41.6. The van der Waals surface area contributed by atoms with Crippen molar-refractivity contribution in [3.8, 4) is 0 Å². The topological polar surface area (TPSA) is 118 Å². The maximum Gasteiger partial charge on any atom is 0.490 e. The number of carboxylic acids is 1. The van der Waals surface area contributed by atoms with Gasteiger partial charge in [0.2, 0.25) is 5.91 Å². The van der Waals surface area contributed by atoms with Crippen LogP contribution in [0.5, 0.6) is 0 Å². The molecule has 5 rings (SSSR count). The summed E-state index contributed by atoms with van der Waals surface area (Å²) < 4.78 is 45.1. The molecule has 0 atom stereocenters. The van der Waals surface area contributed by atoms with E-state index < -0.39 is 17.7 Å². The Labute approximate surface area is 231 Å². The number of aromatic amines is 1. The molecule has 0 unspecified atom stereocenters. The van der Waals surface area contributed by atoms with E-state index in [1.165, 1.54) is 12.1 Å². The summed E-state index contributed by atoms with van der Waals surface area (Å²) in [5, 5.41) is 14.4. The molecule has 214 valence electrons. The minimum absolute atomic E-state index is 0.0700. The van der Waals surface area contributed by atoms with Crippen LogP contribution < -0.4 is 15.5 Å². The summed E-state index contributed by atoms with van der Waals surface area (Å²) in [6.45, 7) is 3.20. The first-order valence-electron chi connectivity index (χ1n) is 12.3. The van der Waals surface area contributed by atoms with Gasteiger partial charge >= 0.3 is 12.1 Å². The van der Waals surface area contributed by atoms with Gasteiger partial charge in [0.05, 0.1) is 6.67 Å².